The van der Waals surface area contributed by atoms with E-state index in [0.717, 1.165) is 12.0 Å². The van der Waals surface area contributed by atoms with E-state index in [1.807, 2.05) is 13.0 Å². The van der Waals surface area contributed by atoms with Crippen molar-refractivity contribution in [1.29, 1.82) is 0 Å². The molecule has 80 valence electrons. The lowest BCUT2D eigenvalue weighted by Crippen LogP contribution is -2.14. The van der Waals surface area contributed by atoms with Crippen molar-refractivity contribution in [3.63, 3.8) is 0 Å². The van der Waals surface area contributed by atoms with Gasteiger partial charge in [0.15, 0.2) is 0 Å². The number of carbonyl (C=O) groups excluding carboxylic acids is 1. The number of allylic oxidation sites excluding steroid dienone is 3. The molecule has 0 heterocycles. The second kappa shape index (κ2) is 7.33. The molecule has 0 amide bonds. The Hall–Kier alpha value is -1.09. The molecule has 0 spiro atoms. The maximum absolute atomic E-state index is 10.8. The molecule has 0 aromatic heterocycles. The first kappa shape index (κ1) is 12.9. The Morgan fingerprint density at radius 1 is 1.64 bits per heavy atom. The Labute approximate surface area is 85.1 Å². The van der Waals surface area contributed by atoms with Crippen molar-refractivity contribution in [3.05, 3.63) is 24.3 Å². The topological polar surface area (TPSA) is 46.5 Å². The Kier molecular flexibility index (Phi) is 6.76. The van der Waals surface area contributed by atoms with Crippen LogP contribution in [0.1, 0.15) is 26.2 Å². The number of esters is 1. The molecule has 0 fully saturated rings. The molecule has 0 bridgehead atoms. The average molecular weight is 198 g/mol. The first-order chi connectivity index (χ1) is 6.60. The normalized spacial score (nSPS) is 13.5. The first-order valence-corrected chi connectivity index (χ1v) is 4.63. The van der Waals surface area contributed by atoms with Gasteiger partial charge in [0.05, 0.1) is 19.6 Å². The predicted octanol–water partition coefficient (Wildman–Crippen LogP) is 1.82. The quantitative estimate of drug-likeness (QED) is 0.523. The monoisotopic (exact) mass is 198 g/mol. The van der Waals surface area contributed by atoms with Crippen molar-refractivity contribution in [1.82, 2.24) is 0 Å². The van der Waals surface area contributed by atoms with Gasteiger partial charge in [-0.1, -0.05) is 24.3 Å². The number of ether oxygens (including phenoxy) is 1. The highest BCUT2D eigenvalue weighted by Crippen LogP contribution is 2.09. The average Bonchev–Trinajstić information content (AvgIpc) is 2.15. The zero-order valence-electron chi connectivity index (χ0n) is 8.82. The summed E-state index contributed by atoms with van der Waals surface area (Å²) >= 11 is 0. The summed E-state index contributed by atoms with van der Waals surface area (Å²) in [5.41, 5.74) is 1.14. The van der Waals surface area contributed by atoms with Gasteiger partial charge >= 0.3 is 5.97 Å². The van der Waals surface area contributed by atoms with Gasteiger partial charge < -0.3 is 9.84 Å². The molecule has 0 rings (SSSR count). The highest BCUT2D eigenvalue weighted by atomic mass is 16.5. The molecule has 1 N–H and O–H groups in total. The highest BCUT2D eigenvalue weighted by molar-refractivity contribution is 5.69. The van der Waals surface area contributed by atoms with E-state index in [2.05, 4.69) is 11.3 Å². The number of aliphatic hydroxyl groups is 1. The Balaban J connectivity index is 3.73. The van der Waals surface area contributed by atoms with Gasteiger partial charge in [-0.15, -0.1) is 0 Å². The van der Waals surface area contributed by atoms with Gasteiger partial charge in [0.25, 0.3) is 0 Å². The minimum atomic E-state index is -0.615. The van der Waals surface area contributed by atoms with E-state index in [-0.39, 0.29) is 12.4 Å². The number of methoxy groups -OCH3 is 1. The molecule has 0 saturated heterocycles. The number of hydrogen-bond acceptors (Lipinski definition) is 3. The van der Waals surface area contributed by atoms with Gasteiger partial charge in [-0.05, 0) is 19.8 Å². The number of carbonyl (C=O) groups is 1. The van der Waals surface area contributed by atoms with Gasteiger partial charge in [0.1, 0.15) is 0 Å². The summed E-state index contributed by atoms with van der Waals surface area (Å²) < 4.78 is 4.45. The summed E-state index contributed by atoms with van der Waals surface area (Å²) in [4.78, 5) is 10.8. The highest BCUT2D eigenvalue weighted by Gasteiger charge is 2.10. The van der Waals surface area contributed by atoms with E-state index >= 15 is 0 Å². The van der Waals surface area contributed by atoms with E-state index in [0.29, 0.717) is 6.42 Å². The summed E-state index contributed by atoms with van der Waals surface area (Å²) in [7, 11) is 1.32. The zero-order chi connectivity index (χ0) is 11.0. The molecule has 0 unspecified atom stereocenters. The Morgan fingerprint density at radius 2 is 2.29 bits per heavy atom. The Bertz CT molecular complexity index is 219. The second-order valence-electron chi connectivity index (χ2n) is 3.22. The molecule has 0 aliphatic rings. The van der Waals surface area contributed by atoms with Crippen molar-refractivity contribution in [2.45, 2.75) is 32.3 Å². The maximum Gasteiger partial charge on any atom is 0.308 e. The molecule has 0 aromatic carbocycles. The van der Waals surface area contributed by atoms with Crippen LogP contribution in [0, 0.1) is 0 Å². The van der Waals surface area contributed by atoms with E-state index < -0.39 is 6.10 Å². The molecular formula is C11H18O3. The van der Waals surface area contributed by atoms with E-state index in [4.69, 9.17) is 0 Å². The van der Waals surface area contributed by atoms with Crippen LogP contribution in [0.15, 0.2) is 24.3 Å². The van der Waals surface area contributed by atoms with Crippen molar-refractivity contribution in [2.75, 3.05) is 7.11 Å². The summed E-state index contributed by atoms with van der Waals surface area (Å²) in [6.07, 6.45) is 4.40. The largest absolute Gasteiger partial charge is 0.469 e. The van der Waals surface area contributed by atoms with Crippen LogP contribution in [-0.4, -0.2) is 24.3 Å². The SMILES string of the molecule is C=C/C=C(\C)CC[C@@H](O)CC(=O)OC. The van der Waals surface area contributed by atoms with Crippen LogP contribution in [0.4, 0.5) is 0 Å². The molecule has 0 radical (unpaired) electrons. The van der Waals surface area contributed by atoms with Gasteiger partial charge in [0, 0.05) is 0 Å². The third kappa shape index (κ3) is 6.43. The van der Waals surface area contributed by atoms with Gasteiger partial charge in [-0.2, -0.15) is 0 Å². The third-order valence-corrected chi connectivity index (χ3v) is 1.90. The molecule has 0 aliphatic heterocycles. The van der Waals surface area contributed by atoms with E-state index in [1.54, 1.807) is 6.08 Å². The number of hydrogen-bond donors (Lipinski definition) is 1. The second-order valence-corrected chi connectivity index (χ2v) is 3.22. The van der Waals surface area contributed by atoms with Gasteiger partial charge in [-0.25, -0.2) is 0 Å². The molecule has 3 heteroatoms. The van der Waals surface area contributed by atoms with Crippen LogP contribution in [0.25, 0.3) is 0 Å². The summed E-state index contributed by atoms with van der Waals surface area (Å²) in [5.74, 6) is -0.372. The van der Waals surface area contributed by atoms with Crippen molar-refractivity contribution < 1.29 is 14.6 Å². The molecule has 14 heavy (non-hydrogen) atoms. The van der Waals surface area contributed by atoms with E-state index in [1.165, 1.54) is 7.11 Å². The summed E-state index contributed by atoms with van der Waals surface area (Å²) in [5, 5.41) is 9.41. The minimum Gasteiger partial charge on any atom is -0.469 e. The lowest BCUT2D eigenvalue weighted by atomic mass is 10.1. The zero-order valence-corrected chi connectivity index (χ0v) is 8.82. The molecule has 3 nitrogen and oxygen atoms in total. The van der Waals surface area contributed by atoms with Crippen LogP contribution in [0.3, 0.4) is 0 Å². The lowest BCUT2D eigenvalue weighted by Gasteiger charge is -2.08. The first-order valence-electron chi connectivity index (χ1n) is 4.63. The predicted molar refractivity (Wildman–Crippen MR) is 55.8 cm³/mol. The fraction of sp³-hybridized carbons (Fsp3) is 0.545. The molecule has 1 atom stereocenters. The maximum atomic E-state index is 10.8. The number of aliphatic hydroxyl groups excluding tert-OH is 1. The van der Waals surface area contributed by atoms with Crippen LogP contribution >= 0.6 is 0 Å². The molecule has 0 saturated carbocycles. The summed E-state index contributed by atoms with van der Waals surface area (Å²) in [6, 6.07) is 0. The lowest BCUT2D eigenvalue weighted by molar-refractivity contribution is -0.142. The van der Waals surface area contributed by atoms with Crippen molar-refractivity contribution >= 4 is 5.97 Å². The Morgan fingerprint density at radius 3 is 2.79 bits per heavy atom. The van der Waals surface area contributed by atoms with Crippen LogP contribution in [-0.2, 0) is 9.53 Å². The molecular weight excluding hydrogens is 180 g/mol. The van der Waals surface area contributed by atoms with Crippen LogP contribution in [0.5, 0.6) is 0 Å². The number of rotatable bonds is 6. The van der Waals surface area contributed by atoms with Gasteiger partial charge in [-0.3, -0.25) is 4.79 Å². The molecule has 0 aliphatic carbocycles. The van der Waals surface area contributed by atoms with Crippen LogP contribution in [0.2, 0.25) is 0 Å². The van der Waals surface area contributed by atoms with Gasteiger partial charge in [0.2, 0.25) is 0 Å². The molecule has 0 aromatic rings. The fourth-order valence-corrected chi connectivity index (χ4v) is 1.06. The third-order valence-electron chi connectivity index (χ3n) is 1.90. The smallest absolute Gasteiger partial charge is 0.308 e. The summed E-state index contributed by atoms with van der Waals surface area (Å²) in [6.45, 7) is 5.54. The fourth-order valence-electron chi connectivity index (χ4n) is 1.06. The van der Waals surface area contributed by atoms with Crippen LogP contribution < -0.4 is 0 Å². The minimum absolute atomic E-state index is 0.0673. The van der Waals surface area contributed by atoms with Crippen molar-refractivity contribution in [2.24, 2.45) is 0 Å². The van der Waals surface area contributed by atoms with Crippen molar-refractivity contribution in [3.8, 4) is 0 Å². The standard InChI is InChI=1S/C11H18O3/c1-4-5-9(2)6-7-10(12)8-11(13)14-3/h4-5,10,12H,1,6-8H2,2-3H3/b9-5+/t10-/m1/s1. The van der Waals surface area contributed by atoms with E-state index in [9.17, 15) is 9.90 Å².